The summed E-state index contributed by atoms with van der Waals surface area (Å²) in [6.07, 6.45) is 1.84. The second-order valence-electron chi connectivity index (χ2n) is 9.57. The highest BCUT2D eigenvalue weighted by atomic mass is 15.0. The van der Waals surface area contributed by atoms with Crippen molar-refractivity contribution in [1.82, 2.24) is 14.5 Å². The van der Waals surface area contributed by atoms with E-state index in [0.717, 1.165) is 39.3 Å². The Morgan fingerprint density at radius 3 is 1.77 bits per heavy atom. The minimum absolute atomic E-state index is 0.698. The number of aromatic nitrogens is 3. The van der Waals surface area contributed by atoms with Crippen LogP contribution in [0.3, 0.4) is 0 Å². The van der Waals surface area contributed by atoms with Crippen LogP contribution in [0.1, 0.15) is 5.56 Å². The van der Waals surface area contributed by atoms with Gasteiger partial charge in [-0.2, -0.15) is 0 Å². The van der Waals surface area contributed by atoms with Crippen molar-refractivity contribution < 1.29 is 0 Å². The van der Waals surface area contributed by atoms with Gasteiger partial charge in [-0.1, -0.05) is 116 Å². The Labute approximate surface area is 227 Å². The lowest BCUT2D eigenvalue weighted by atomic mass is 10.1. The Kier molecular flexibility index (Phi) is 5.60. The summed E-state index contributed by atoms with van der Waals surface area (Å²) in [5.74, 6) is 0.698. The third-order valence-corrected chi connectivity index (χ3v) is 7.18. The number of para-hydroxylation sites is 2. The Balaban J connectivity index is 1.42. The molecule has 5 aromatic carbocycles. The molecule has 0 saturated heterocycles. The molecule has 39 heavy (non-hydrogen) atoms. The molecular weight excluding hydrogens is 474 g/mol. The second kappa shape index (κ2) is 9.55. The van der Waals surface area contributed by atoms with Crippen LogP contribution in [-0.2, 0) is 0 Å². The van der Waals surface area contributed by atoms with Gasteiger partial charge in [0.15, 0.2) is 5.82 Å². The molecule has 3 nitrogen and oxygen atoms in total. The first-order valence-electron chi connectivity index (χ1n) is 13.0. The monoisotopic (exact) mass is 499 g/mol. The molecule has 3 heteroatoms. The van der Waals surface area contributed by atoms with Crippen LogP contribution >= 0.6 is 0 Å². The molecule has 184 valence electrons. The predicted octanol–water partition coefficient (Wildman–Crippen LogP) is 9.22. The molecule has 0 amide bonds. The third kappa shape index (κ3) is 4.11. The van der Waals surface area contributed by atoms with Gasteiger partial charge >= 0.3 is 0 Å². The van der Waals surface area contributed by atoms with Gasteiger partial charge < -0.3 is 4.57 Å². The van der Waals surface area contributed by atoms with E-state index in [0.29, 0.717) is 5.82 Å². The van der Waals surface area contributed by atoms with Crippen molar-refractivity contribution >= 4 is 27.9 Å². The molecule has 0 N–H and O–H groups in total. The largest absolute Gasteiger partial charge is 0.309 e. The van der Waals surface area contributed by atoms with Gasteiger partial charge in [0.05, 0.1) is 22.4 Å². The lowest BCUT2D eigenvalue weighted by molar-refractivity contribution is 1.16. The summed E-state index contributed by atoms with van der Waals surface area (Å²) in [5.41, 5.74) is 9.39. The average molecular weight is 500 g/mol. The lowest BCUT2D eigenvalue weighted by Crippen LogP contribution is -1.97. The smallest absolute Gasteiger partial charge is 0.160 e. The van der Waals surface area contributed by atoms with E-state index in [1.807, 2.05) is 36.4 Å². The zero-order valence-corrected chi connectivity index (χ0v) is 21.3. The van der Waals surface area contributed by atoms with E-state index in [4.69, 9.17) is 9.97 Å². The molecule has 7 rings (SSSR count). The summed E-state index contributed by atoms with van der Waals surface area (Å²) in [6, 6.07) is 46.3. The quantitative estimate of drug-likeness (QED) is 0.236. The van der Waals surface area contributed by atoms with E-state index >= 15 is 0 Å². The fourth-order valence-corrected chi connectivity index (χ4v) is 5.25. The normalized spacial score (nSPS) is 11.2. The third-order valence-electron chi connectivity index (χ3n) is 7.18. The van der Waals surface area contributed by atoms with Crippen LogP contribution in [0.5, 0.6) is 0 Å². The van der Waals surface area contributed by atoms with E-state index in [2.05, 4.69) is 114 Å². The number of hydrogen-bond acceptors (Lipinski definition) is 2. The highest BCUT2D eigenvalue weighted by molar-refractivity contribution is 6.09. The molecule has 0 radical (unpaired) electrons. The fourth-order valence-electron chi connectivity index (χ4n) is 5.25. The fraction of sp³-hybridized carbons (Fsp3) is 0. The first-order chi connectivity index (χ1) is 19.3. The number of hydrogen-bond donors (Lipinski definition) is 0. The van der Waals surface area contributed by atoms with E-state index in [1.54, 1.807) is 0 Å². The lowest BCUT2D eigenvalue weighted by Gasteiger charge is -2.12. The zero-order valence-electron chi connectivity index (χ0n) is 21.3. The van der Waals surface area contributed by atoms with Crippen molar-refractivity contribution in [3.05, 3.63) is 146 Å². The Hall–Kier alpha value is -5.28. The minimum Gasteiger partial charge on any atom is -0.309 e. The van der Waals surface area contributed by atoms with Crippen LogP contribution in [0, 0.1) is 0 Å². The molecular formula is C36H25N3. The second-order valence-corrected chi connectivity index (χ2v) is 9.57. The minimum atomic E-state index is 0.698. The molecule has 0 spiro atoms. The first-order valence-corrected chi connectivity index (χ1v) is 13.0. The molecule has 2 aromatic heterocycles. The first kappa shape index (κ1) is 22.9. The van der Waals surface area contributed by atoms with Crippen LogP contribution in [0.2, 0.25) is 0 Å². The van der Waals surface area contributed by atoms with Crippen molar-refractivity contribution in [2.45, 2.75) is 0 Å². The van der Waals surface area contributed by atoms with Gasteiger partial charge in [0.2, 0.25) is 0 Å². The number of fused-ring (bicyclic) bond motifs is 3. The number of benzene rings is 5. The van der Waals surface area contributed by atoms with Gasteiger partial charge in [-0.05, 0) is 35.9 Å². The molecule has 0 aliphatic carbocycles. The van der Waals surface area contributed by atoms with Crippen LogP contribution in [0.15, 0.2) is 140 Å². The zero-order chi connectivity index (χ0) is 26.2. The highest BCUT2D eigenvalue weighted by Crippen LogP contribution is 2.34. The standard InChI is InChI=1S/C36H25N3/c1-2-25-19-21-27(22-20-25)36-37-32(26-11-4-3-5-12-26)24-33(38-36)28-13-10-14-29(23-28)39-34-17-8-6-15-30(34)31-16-7-9-18-35(31)39/h2-24H,1H2. The molecule has 0 aliphatic rings. The number of nitrogens with zero attached hydrogens (tertiary/aromatic N) is 3. The molecule has 2 heterocycles. The number of rotatable bonds is 5. The summed E-state index contributed by atoms with van der Waals surface area (Å²) in [6.45, 7) is 3.87. The van der Waals surface area contributed by atoms with E-state index in [1.165, 1.54) is 21.8 Å². The topological polar surface area (TPSA) is 30.7 Å². The Bertz CT molecular complexity index is 1910. The molecule has 0 bridgehead atoms. The molecule has 0 saturated carbocycles. The van der Waals surface area contributed by atoms with E-state index < -0.39 is 0 Å². The van der Waals surface area contributed by atoms with Gasteiger partial charge in [-0.25, -0.2) is 9.97 Å². The summed E-state index contributed by atoms with van der Waals surface area (Å²) in [7, 11) is 0. The van der Waals surface area contributed by atoms with Gasteiger partial charge in [0.25, 0.3) is 0 Å². The van der Waals surface area contributed by atoms with Gasteiger partial charge in [-0.3, -0.25) is 0 Å². The maximum atomic E-state index is 5.06. The van der Waals surface area contributed by atoms with Gasteiger partial charge in [0.1, 0.15) is 0 Å². The van der Waals surface area contributed by atoms with Gasteiger partial charge in [-0.15, -0.1) is 0 Å². The van der Waals surface area contributed by atoms with Crippen molar-refractivity contribution in [3.63, 3.8) is 0 Å². The summed E-state index contributed by atoms with van der Waals surface area (Å²) in [5, 5.41) is 2.49. The summed E-state index contributed by atoms with van der Waals surface area (Å²) < 4.78 is 2.34. The SMILES string of the molecule is C=Cc1ccc(-c2nc(-c3ccccc3)cc(-c3cccc(-n4c5ccccc5c5ccccc54)c3)n2)cc1. The summed E-state index contributed by atoms with van der Waals surface area (Å²) in [4.78, 5) is 10.0. The van der Waals surface area contributed by atoms with E-state index in [-0.39, 0.29) is 0 Å². The van der Waals surface area contributed by atoms with Crippen LogP contribution in [0.25, 0.3) is 67.5 Å². The molecule has 0 atom stereocenters. The Morgan fingerprint density at radius 2 is 1.10 bits per heavy atom. The summed E-state index contributed by atoms with van der Waals surface area (Å²) >= 11 is 0. The van der Waals surface area contributed by atoms with Crippen LogP contribution in [-0.4, -0.2) is 14.5 Å². The molecule has 0 fully saturated rings. The average Bonchev–Trinajstić information content (AvgIpc) is 3.36. The molecule has 7 aromatic rings. The Morgan fingerprint density at radius 1 is 0.513 bits per heavy atom. The van der Waals surface area contributed by atoms with Crippen molar-refractivity contribution in [2.24, 2.45) is 0 Å². The predicted molar refractivity (Wildman–Crippen MR) is 163 cm³/mol. The van der Waals surface area contributed by atoms with E-state index in [9.17, 15) is 0 Å². The van der Waals surface area contributed by atoms with Crippen molar-refractivity contribution in [1.29, 1.82) is 0 Å². The maximum Gasteiger partial charge on any atom is 0.160 e. The van der Waals surface area contributed by atoms with Crippen molar-refractivity contribution in [2.75, 3.05) is 0 Å². The van der Waals surface area contributed by atoms with Gasteiger partial charge in [0, 0.05) is 33.2 Å². The van der Waals surface area contributed by atoms with Crippen LogP contribution in [0.4, 0.5) is 0 Å². The highest BCUT2D eigenvalue weighted by Gasteiger charge is 2.14. The van der Waals surface area contributed by atoms with Crippen molar-refractivity contribution in [3.8, 4) is 39.6 Å². The maximum absolute atomic E-state index is 5.06. The molecule has 0 unspecified atom stereocenters. The molecule has 0 aliphatic heterocycles. The van der Waals surface area contributed by atoms with Crippen LogP contribution < -0.4 is 0 Å².